The van der Waals surface area contributed by atoms with Gasteiger partial charge in [0.25, 0.3) is 0 Å². The van der Waals surface area contributed by atoms with Crippen LogP contribution in [0.4, 0.5) is 0 Å². The van der Waals surface area contributed by atoms with Gasteiger partial charge in [0.1, 0.15) is 0 Å². The van der Waals surface area contributed by atoms with Crippen LogP contribution in [0.2, 0.25) is 0 Å². The number of fused-ring (bicyclic) bond motifs is 1. The standard InChI is InChI=1S/C14H13Br2NO2S2/c15-10-4-5-12(16)14(7-10)21(18,19)17-8-11-6-9-2-1-3-13(9)20-11/h4-7,17H,1-3,8H2. The number of benzene rings is 1. The van der Waals surface area contributed by atoms with Crippen molar-refractivity contribution in [2.45, 2.75) is 30.7 Å². The lowest BCUT2D eigenvalue weighted by atomic mass is 10.2. The normalized spacial score (nSPS) is 14.4. The van der Waals surface area contributed by atoms with E-state index >= 15 is 0 Å². The fourth-order valence-corrected chi connectivity index (χ4v) is 6.20. The van der Waals surface area contributed by atoms with Crippen molar-refractivity contribution in [2.75, 3.05) is 0 Å². The molecule has 0 radical (unpaired) electrons. The first-order valence-corrected chi connectivity index (χ1v) is 10.4. The van der Waals surface area contributed by atoms with Crippen molar-refractivity contribution >= 4 is 53.2 Å². The highest BCUT2D eigenvalue weighted by atomic mass is 79.9. The third-order valence-corrected chi connectivity index (χ3v) is 7.54. The van der Waals surface area contributed by atoms with E-state index in [1.54, 1.807) is 29.5 Å². The third kappa shape index (κ3) is 3.42. The number of halogens is 2. The zero-order valence-corrected chi connectivity index (χ0v) is 15.8. The molecule has 3 nitrogen and oxygen atoms in total. The van der Waals surface area contributed by atoms with Crippen LogP contribution in [-0.4, -0.2) is 8.42 Å². The summed E-state index contributed by atoms with van der Waals surface area (Å²) < 4.78 is 28.8. The van der Waals surface area contributed by atoms with Gasteiger partial charge in [-0.2, -0.15) is 0 Å². The number of aryl methyl sites for hydroxylation is 2. The van der Waals surface area contributed by atoms with Crippen LogP contribution in [0.1, 0.15) is 21.7 Å². The van der Waals surface area contributed by atoms with E-state index in [0.29, 0.717) is 11.0 Å². The highest BCUT2D eigenvalue weighted by Gasteiger charge is 2.20. The molecule has 0 spiro atoms. The monoisotopic (exact) mass is 449 g/mol. The van der Waals surface area contributed by atoms with Crippen LogP contribution >= 0.6 is 43.2 Å². The first-order valence-electron chi connectivity index (χ1n) is 6.51. The van der Waals surface area contributed by atoms with E-state index in [4.69, 9.17) is 0 Å². The summed E-state index contributed by atoms with van der Waals surface area (Å²) in [5.74, 6) is 0. The Morgan fingerprint density at radius 1 is 1.19 bits per heavy atom. The van der Waals surface area contributed by atoms with Gasteiger partial charge in [-0.15, -0.1) is 11.3 Å². The third-order valence-electron chi connectivity index (χ3n) is 3.42. The van der Waals surface area contributed by atoms with Crippen LogP contribution in [-0.2, 0) is 29.4 Å². The molecule has 112 valence electrons. The second-order valence-corrected chi connectivity index (χ2v) is 9.64. The number of thiophene rings is 1. The lowest BCUT2D eigenvalue weighted by Crippen LogP contribution is -2.23. The Morgan fingerprint density at radius 3 is 2.76 bits per heavy atom. The summed E-state index contributed by atoms with van der Waals surface area (Å²) in [7, 11) is -3.52. The summed E-state index contributed by atoms with van der Waals surface area (Å²) in [4.78, 5) is 2.74. The quantitative estimate of drug-likeness (QED) is 0.756. The molecule has 3 rings (SSSR count). The first-order chi connectivity index (χ1) is 9.95. The first kappa shape index (κ1) is 15.7. The molecule has 2 aromatic rings. The zero-order chi connectivity index (χ0) is 15.0. The predicted octanol–water partition coefficient (Wildman–Crippen LogP) is 4.24. The maximum absolute atomic E-state index is 12.4. The minimum atomic E-state index is -3.52. The summed E-state index contributed by atoms with van der Waals surface area (Å²) in [6.45, 7) is 0.346. The molecular formula is C14H13Br2NO2S2. The summed E-state index contributed by atoms with van der Waals surface area (Å²) in [5, 5.41) is 0. The van der Waals surface area contributed by atoms with Crippen LogP contribution in [0.3, 0.4) is 0 Å². The second kappa shape index (κ2) is 6.12. The molecule has 0 atom stereocenters. The number of hydrogen-bond donors (Lipinski definition) is 1. The topological polar surface area (TPSA) is 46.2 Å². The Kier molecular flexibility index (Phi) is 4.57. The van der Waals surface area contributed by atoms with Crippen LogP contribution in [0.25, 0.3) is 0 Å². The van der Waals surface area contributed by atoms with E-state index < -0.39 is 10.0 Å². The molecule has 0 bridgehead atoms. The molecule has 1 aromatic carbocycles. The number of rotatable bonds is 4. The van der Waals surface area contributed by atoms with Gasteiger partial charge in [0.2, 0.25) is 10.0 Å². The molecule has 0 fully saturated rings. The smallest absolute Gasteiger partial charge is 0.207 e. The van der Waals surface area contributed by atoms with Gasteiger partial charge in [-0.25, -0.2) is 13.1 Å². The molecule has 0 unspecified atom stereocenters. The maximum Gasteiger partial charge on any atom is 0.242 e. The average molecular weight is 451 g/mol. The van der Waals surface area contributed by atoms with E-state index in [-0.39, 0.29) is 4.90 Å². The zero-order valence-electron chi connectivity index (χ0n) is 11.0. The fraction of sp³-hybridized carbons (Fsp3) is 0.286. The summed E-state index contributed by atoms with van der Waals surface area (Å²) in [6.07, 6.45) is 3.47. The van der Waals surface area contributed by atoms with Crippen molar-refractivity contribution < 1.29 is 8.42 Å². The predicted molar refractivity (Wildman–Crippen MR) is 92.2 cm³/mol. The molecule has 1 aliphatic carbocycles. The van der Waals surface area contributed by atoms with E-state index in [0.717, 1.165) is 22.2 Å². The van der Waals surface area contributed by atoms with Crippen molar-refractivity contribution in [1.29, 1.82) is 0 Å². The van der Waals surface area contributed by atoms with E-state index in [1.807, 2.05) is 0 Å². The van der Waals surface area contributed by atoms with Gasteiger partial charge in [-0.1, -0.05) is 15.9 Å². The van der Waals surface area contributed by atoms with Gasteiger partial charge in [0.05, 0.1) is 4.90 Å². The Labute approximate surface area is 145 Å². The Hall–Kier alpha value is -0.210. The van der Waals surface area contributed by atoms with Crippen LogP contribution < -0.4 is 4.72 Å². The minimum absolute atomic E-state index is 0.251. The molecule has 0 aliphatic heterocycles. The van der Waals surface area contributed by atoms with Gasteiger partial charge < -0.3 is 0 Å². The molecule has 1 N–H and O–H groups in total. The molecule has 0 amide bonds. The molecule has 7 heteroatoms. The highest BCUT2D eigenvalue weighted by molar-refractivity contribution is 9.11. The van der Waals surface area contributed by atoms with Gasteiger partial charge in [0.15, 0.2) is 0 Å². The van der Waals surface area contributed by atoms with Crippen molar-refractivity contribution in [3.8, 4) is 0 Å². The minimum Gasteiger partial charge on any atom is -0.207 e. The van der Waals surface area contributed by atoms with Crippen LogP contribution in [0, 0.1) is 0 Å². The van der Waals surface area contributed by atoms with Crippen LogP contribution in [0.5, 0.6) is 0 Å². The molecular weight excluding hydrogens is 438 g/mol. The number of nitrogens with one attached hydrogen (secondary N) is 1. The van der Waals surface area contributed by atoms with Crippen molar-refractivity contribution in [3.63, 3.8) is 0 Å². The Balaban J connectivity index is 1.78. The summed E-state index contributed by atoms with van der Waals surface area (Å²) >= 11 is 8.31. The van der Waals surface area contributed by atoms with Gasteiger partial charge in [-0.05, 0) is 65.0 Å². The van der Waals surface area contributed by atoms with Crippen molar-refractivity contribution in [1.82, 2.24) is 4.72 Å². The number of sulfonamides is 1. The molecule has 21 heavy (non-hydrogen) atoms. The maximum atomic E-state index is 12.4. The van der Waals surface area contributed by atoms with Crippen LogP contribution in [0.15, 0.2) is 38.1 Å². The molecule has 1 heterocycles. The molecule has 1 aliphatic rings. The summed E-state index contributed by atoms with van der Waals surface area (Å²) in [5.41, 5.74) is 1.39. The SMILES string of the molecule is O=S(=O)(NCc1cc2c(s1)CCC2)c1cc(Br)ccc1Br. The van der Waals surface area contributed by atoms with Crippen molar-refractivity contribution in [3.05, 3.63) is 48.5 Å². The van der Waals surface area contributed by atoms with E-state index in [2.05, 4.69) is 42.6 Å². The highest BCUT2D eigenvalue weighted by Crippen LogP contribution is 2.31. The molecule has 1 aromatic heterocycles. The van der Waals surface area contributed by atoms with Gasteiger partial charge in [0, 0.05) is 25.2 Å². The lowest BCUT2D eigenvalue weighted by Gasteiger charge is -2.08. The van der Waals surface area contributed by atoms with E-state index in [1.165, 1.54) is 16.9 Å². The fourth-order valence-electron chi connectivity index (χ4n) is 2.40. The Morgan fingerprint density at radius 2 is 2.00 bits per heavy atom. The average Bonchev–Trinajstić information content (AvgIpc) is 3.00. The van der Waals surface area contributed by atoms with E-state index in [9.17, 15) is 8.42 Å². The molecule has 0 saturated heterocycles. The second-order valence-electron chi connectivity index (χ2n) is 4.91. The van der Waals surface area contributed by atoms with Gasteiger partial charge >= 0.3 is 0 Å². The van der Waals surface area contributed by atoms with Crippen molar-refractivity contribution in [2.24, 2.45) is 0 Å². The lowest BCUT2D eigenvalue weighted by molar-refractivity contribution is 0.581. The largest absolute Gasteiger partial charge is 0.242 e. The Bertz CT molecular complexity index is 763. The molecule has 0 saturated carbocycles. The summed E-state index contributed by atoms with van der Waals surface area (Å²) in [6, 6.07) is 7.25. The van der Waals surface area contributed by atoms with Gasteiger partial charge in [-0.3, -0.25) is 0 Å². The number of hydrogen-bond acceptors (Lipinski definition) is 3.